The quantitative estimate of drug-likeness (QED) is 0.698. The van der Waals surface area contributed by atoms with Crippen LogP contribution in [0.5, 0.6) is 0 Å². The van der Waals surface area contributed by atoms with Gasteiger partial charge in [-0.1, -0.05) is 0 Å². The van der Waals surface area contributed by atoms with Crippen molar-refractivity contribution in [1.29, 1.82) is 0 Å². The Balaban J connectivity index is 2.36. The standard InChI is InChI=1S/C13H26O2/c1-5-14-12-9-7-11(8-10-12)13(3,4)15-6-2/h11-12H,5-10H2,1-4H3. The van der Waals surface area contributed by atoms with Gasteiger partial charge in [-0.05, 0) is 59.3 Å². The molecule has 0 amide bonds. The van der Waals surface area contributed by atoms with Crippen molar-refractivity contribution in [3.63, 3.8) is 0 Å². The van der Waals surface area contributed by atoms with Crippen LogP contribution in [-0.4, -0.2) is 24.9 Å². The van der Waals surface area contributed by atoms with Crippen LogP contribution < -0.4 is 0 Å². The summed E-state index contributed by atoms with van der Waals surface area (Å²) in [5.74, 6) is 0.703. The largest absolute Gasteiger partial charge is 0.379 e. The summed E-state index contributed by atoms with van der Waals surface area (Å²) in [7, 11) is 0. The van der Waals surface area contributed by atoms with E-state index in [1.165, 1.54) is 25.7 Å². The van der Waals surface area contributed by atoms with Crippen LogP contribution in [0, 0.1) is 5.92 Å². The van der Waals surface area contributed by atoms with Crippen LogP contribution >= 0.6 is 0 Å². The van der Waals surface area contributed by atoms with Gasteiger partial charge < -0.3 is 9.47 Å². The molecule has 0 unspecified atom stereocenters. The average Bonchev–Trinajstić information content (AvgIpc) is 2.19. The molecule has 0 spiro atoms. The van der Waals surface area contributed by atoms with E-state index in [0.717, 1.165) is 13.2 Å². The van der Waals surface area contributed by atoms with Gasteiger partial charge in [0.25, 0.3) is 0 Å². The monoisotopic (exact) mass is 214 g/mol. The molecular formula is C13H26O2. The minimum Gasteiger partial charge on any atom is -0.379 e. The number of rotatable bonds is 5. The molecule has 0 aromatic heterocycles. The Morgan fingerprint density at radius 1 is 1.00 bits per heavy atom. The molecule has 1 fully saturated rings. The lowest BCUT2D eigenvalue weighted by Gasteiger charge is -2.38. The summed E-state index contributed by atoms with van der Waals surface area (Å²) in [6.45, 7) is 10.3. The molecular weight excluding hydrogens is 188 g/mol. The molecule has 1 aliphatic rings. The van der Waals surface area contributed by atoms with Crippen molar-refractivity contribution < 1.29 is 9.47 Å². The molecule has 1 aliphatic carbocycles. The van der Waals surface area contributed by atoms with Crippen molar-refractivity contribution in [3.8, 4) is 0 Å². The number of hydrogen-bond donors (Lipinski definition) is 0. The van der Waals surface area contributed by atoms with E-state index >= 15 is 0 Å². The molecule has 0 atom stereocenters. The highest BCUT2D eigenvalue weighted by molar-refractivity contribution is 4.84. The molecule has 0 saturated heterocycles. The highest BCUT2D eigenvalue weighted by atomic mass is 16.5. The second-order valence-electron chi connectivity index (χ2n) is 4.97. The van der Waals surface area contributed by atoms with Gasteiger partial charge in [-0.15, -0.1) is 0 Å². The molecule has 90 valence electrons. The molecule has 2 nitrogen and oxygen atoms in total. The fourth-order valence-corrected chi connectivity index (χ4v) is 2.65. The summed E-state index contributed by atoms with van der Waals surface area (Å²) in [6.07, 6.45) is 5.41. The summed E-state index contributed by atoms with van der Waals surface area (Å²) in [5, 5.41) is 0. The first kappa shape index (κ1) is 13.0. The van der Waals surface area contributed by atoms with E-state index in [1.54, 1.807) is 0 Å². The summed E-state index contributed by atoms with van der Waals surface area (Å²) in [4.78, 5) is 0. The molecule has 0 aromatic rings. The van der Waals surface area contributed by atoms with Gasteiger partial charge >= 0.3 is 0 Å². The average molecular weight is 214 g/mol. The number of hydrogen-bond acceptors (Lipinski definition) is 2. The topological polar surface area (TPSA) is 18.5 Å². The van der Waals surface area contributed by atoms with E-state index in [4.69, 9.17) is 9.47 Å². The molecule has 0 N–H and O–H groups in total. The van der Waals surface area contributed by atoms with Crippen molar-refractivity contribution >= 4 is 0 Å². The zero-order valence-electron chi connectivity index (χ0n) is 10.7. The van der Waals surface area contributed by atoms with E-state index in [0.29, 0.717) is 12.0 Å². The minimum absolute atomic E-state index is 0.0476. The zero-order valence-corrected chi connectivity index (χ0v) is 10.7. The van der Waals surface area contributed by atoms with Crippen molar-refractivity contribution in [1.82, 2.24) is 0 Å². The highest BCUT2D eigenvalue weighted by Gasteiger charge is 2.33. The first-order chi connectivity index (χ1) is 7.10. The Kier molecular flexibility index (Phi) is 5.07. The second-order valence-corrected chi connectivity index (χ2v) is 4.97. The van der Waals surface area contributed by atoms with E-state index in [2.05, 4.69) is 27.7 Å². The van der Waals surface area contributed by atoms with Gasteiger partial charge in [0.05, 0.1) is 11.7 Å². The SMILES string of the molecule is CCOC1CCC(C(C)(C)OCC)CC1. The zero-order chi connectivity index (χ0) is 11.3. The van der Waals surface area contributed by atoms with Gasteiger partial charge in [0.1, 0.15) is 0 Å². The third-order valence-electron chi connectivity index (χ3n) is 3.58. The van der Waals surface area contributed by atoms with Crippen LogP contribution in [0.1, 0.15) is 53.4 Å². The van der Waals surface area contributed by atoms with Crippen LogP contribution in [0.4, 0.5) is 0 Å². The summed E-state index contributed by atoms with van der Waals surface area (Å²) < 4.78 is 11.5. The van der Waals surface area contributed by atoms with Gasteiger partial charge in [-0.2, -0.15) is 0 Å². The predicted octanol–water partition coefficient (Wildman–Crippen LogP) is 3.40. The van der Waals surface area contributed by atoms with Crippen LogP contribution in [0.25, 0.3) is 0 Å². The molecule has 1 rings (SSSR count). The Morgan fingerprint density at radius 2 is 1.60 bits per heavy atom. The van der Waals surface area contributed by atoms with Gasteiger partial charge in [0.15, 0.2) is 0 Å². The van der Waals surface area contributed by atoms with Crippen molar-refractivity contribution in [3.05, 3.63) is 0 Å². The number of ether oxygens (including phenoxy) is 2. The molecule has 0 aromatic carbocycles. The van der Waals surface area contributed by atoms with E-state index in [-0.39, 0.29) is 5.60 Å². The molecule has 15 heavy (non-hydrogen) atoms. The molecule has 1 saturated carbocycles. The lowest BCUT2D eigenvalue weighted by atomic mass is 9.77. The highest BCUT2D eigenvalue weighted by Crippen LogP contribution is 2.35. The van der Waals surface area contributed by atoms with E-state index in [1.807, 2.05) is 0 Å². The molecule has 0 radical (unpaired) electrons. The van der Waals surface area contributed by atoms with Crippen LogP contribution in [-0.2, 0) is 9.47 Å². The minimum atomic E-state index is 0.0476. The van der Waals surface area contributed by atoms with E-state index in [9.17, 15) is 0 Å². The van der Waals surface area contributed by atoms with E-state index < -0.39 is 0 Å². The predicted molar refractivity (Wildman–Crippen MR) is 63.1 cm³/mol. The van der Waals surface area contributed by atoms with Gasteiger partial charge in [0.2, 0.25) is 0 Å². The molecule has 0 aliphatic heterocycles. The van der Waals surface area contributed by atoms with Crippen molar-refractivity contribution in [2.24, 2.45) is 5.92 Å². The fourth-order valence-electron chi connectivity index (χ4n) is 2.65. The van der Waals surface area contributed by atoms with Crippen LogP contribution in [0.3, 0.4) is 0 Å². The molecule has 2 heteroatoms. The van der Waals surface area contributed by atoms with Crippen LogP contribution in [0.15, 0.2) is 0 Å². The summed E-state index contributed by atoms with van der Waals surface area (Å²) >= 11 is 0. The molecule has 0 bridgehead atoms. The Labute approximate surface area is 94.3 Å². The first-order valence-electron chi connectivity index (χ1n) is 6.35. The smallest absolute Gasteiger partial charge is 0.0654 e. The summed E-state index contributed by atoms with van der Waals surface area (Å²) in [5.41, 5.74) is 0.0476. The Morgan fingerprint density at radius 3 is 2.07 bits per heavy atom. The molecule has 0 heterocycles. The van der Waals surface area contributed by atoms with Gasteiger partial charge in [0, 0.05) is 13.2 Å². The lowest BCUT2D eigenvalue weighted by Crippen LogP contribution is -2.38. The first-order valence-corrected chi connectivity index (χ1v) is 6.35. The maximum atomic E-state index is 5.82. The van der Waals surface area contributed by atoms with Gasteiger partial charge in [-0.25, -0.2) is 0 Å². The Bertz CT molecular complexity index is 169. The maximum absolute atomic E-state index is 5.82. The third-order valence-corrected chi connectivity index (χ3v) is 3.58. The normalized spacial score (nSPS) is 28.0. The van der Waals surface area contributed by atoms with Crippen LogP contribution in [0.2, 0.25) is 0 Å². The third kappa shape index (κ3) is 3.76. The van der Waals surface area contributed by atoms with Gasteiger partial charge in [-0.3, -0.25) is 0 Å². The second kappa shape index (κ2) is 5.86. The summed E-state index contributed by atoms with van der Waals surface area (Å²) in [6, 6.07) is 0. The Hall–Kier alpha value is -0.0800. The van der Waals surface area contributed by atoms with Crippen molar-refractivity contribution in [2.45, 2.75) is 65.1 Å². The van der Waals surface area contributed by atoms with Crippen molar-refractivity contribution in [2.75, 3.05) is 13.2 Å². The maximum Gasteiger partial charge on any atom is 0.0654 e. The fraction of sp³-hybridized carbons (Fsp3) is 1.00. The lowest BCUT2D eigenvalue weighted by molar-refractivity contribution is -0.0799.